The van der Waals surface area contributed by atoms with E-state index in [4.69, 9.17) is 9.47 Å². The molecule has 0 aromatic rings. The molecule has 0 unspecified atom stereocenters. The number of ketones is 1. The van der Waals surface area contributed by atoms with Crippen molar-refractivity contribution in [1.29, 1.82) is 0 Å². The Labute approximate surface area is 98.8 Å². The smallest absolute Gasteiger partial charge is 0.217 e. The van der Waals surface area contributed by atoms with Crippen molar-refractivity contribution in [3.05, 3.63) is 12.7 Å². The molecule has 0 fully saturated rings. The Bertz CT molecular complexity index is 184. The maximum absolute atomic E-state index is 11.7. The molecule has 0 rings (SSSR count). The summed E-state index contributed by atoms with van der Waals surface area (Å²) >= 11 is 0. The highest BCUT2D eigenvalue weighted by Gasteiger charge is 2.17. The number of carbonyl (C=O) groups is 1. The van der Waals surface area contributed by atoms with Crippen LogP contribution in [-0.4, -0.2) is 25.3 Å². The van der Waals surface area contributed by atoms with Crippen LogP contribution in [0.2, 0.25) is 0 Å². The van der Waals surface area contributed by atoms with E-state index in [0.29, 0.717) is 19.6 Å². The molecule has 0 aromatic heterocycles. The molecule has 0 radical (unpaired) electrons. The molecular weight excluding hydrogens is 204 g/mol. The number of rotatable bonds is 11. The molecule has 94 valence electrons. The minimum Gasteiger partial charge on any atom is -0.346 e. The maximum Gasteiger partial charge on any atom is 0.217 e. The third-order valence-corrected chi connectivity index (χ3v) is 2.23. The molecule has 0 saturated carbocycles. The van der Waals surface area contributed by atoms with Crippen LogP contribution in [0.25, 0.3) is 0 Å². The SMILES string of the molecule is C=CCCCCCC(=O)C(OCC)OCC. The van der Waals surface area contributed by atoms with Gasteiger partial charge < -0.3 is 9.47 Å². The zero-order valence-corrected chi connectivity index (χ0v) is 10.5. The fraction of sp³-hybridized carbons (Fsp3) is 0.769. The first-order valence-electron chi connectivity index (χ1n) is 6.13. The highest BCUT2D eigenvalue weighted by atomic mass is 16.7. The molecule has 3 nitrogen and oxygen atoms in total. The molecule has 0 bridgehead atoms. The Morgan fingerprint density at radius 1 is 1.19 bits per heavy atom. The Balaban J connectivity index is 3.68. The van der Waals surface area contributed by atoms with E-state index >= 15 is 0 Å². The van der Waals surface area contributed by atoms with Gasteiger partial charge >= 0.3 is 0 Å². The first kappa shape index (κ1) is 15.3. The van der Waals surface area contributed by atoms with E-state index in [9.17, 15) is 4.79 Å². The minimum atomic E-state index is -0.658. The van der Waals surface area contributed by atoms with Crippen molar-refractivity contribution < 1.29 is 14.3 Å². The van der Waals surface area contributed by atoms with Gasteiger partial charge in [0.05, 0.1) is 0 Å². The summed E-state index contributed by atoms with van der Waals surface area (Å²) in [6.07, 6.45) is 5.88. The van der Waals surface area contributed by atoms with Gasteiger partial charge in [0.1, 0.15) is 0 Å². The average Bonchev–Trinajstić information content (AvgIpc) is 2.28. The third-order valence-electron chi connectivity index (χ3n) is 2.23. The molecule has 3 heteroatoms. The van der Waals surface area contributed by atoms with Crippen LogP contribution in [0, 0.1) is 0 Å². The van der Waals surface area contributed by atoms with E-state index in [-0.39, 0.29) is 5.78 Å². The lowest BCUT2D eigenvalue weighted by Crippen LogP contribution is -2.27. The molecular formula is C13H24O3. The second kappa shape index (κ2) is 10.8. The van der Waals surface area contributed by atoms with Crippen LogP contribution in [0.3, 0.4) is 0 Å². The number of ether oxygens (including phenoxy) is 2. The van der Waals surface area contributed by atoms with Crippen molar-refractivity contribution in [2.24, 2.45) is 0 Å². The van der Waals surface area contributed by atoms with E-state index in [1.165, 1.54) is 0 Å². The average molecular weight is 228 g/mol. The van der Waals surface area contributed by atoms with Crippen molar-refractivity contribution >= 4 is 5.78 Å². The predicted octanol–water partition coefficient (Wildman–Crippen LogP) is 3.09. The number of allylic oxidation sites excluding steroid dienone is 1. The van der Waals surface area contributed by atoms with Crippen LogP contribution in [0.15, 0.2) is 12.7 Å². The van der Waals surface area contributed by atoms with Gasteiger partial charge in [0.2, 0.25) is 6.29 Å². The normalized spacial score (nSPS) is 10.7. The fourth-order valence-electron chi connectivity index (χ4n) is 1.42. The summed E-state index contributed by atoms with van der Waals surface area (Å²) in [5, 5.41) is 0. The Hall–Kier alpha value is -0.670. The molecule has 0 heterocycles. The van der Waals surface area contributed by atoms with Gasteiger partial charge in [-0.1, -0.05) is 12.5 Å². The van der Waals surface area contributed by atoms with E-state index in [2.05, 4.69) is 6.58 Å². The van der Waals surface area contributed by atoms with Gasteiger partial charge in [0.15, 0.2) is 5.78 Å². The topological polar surface area (TPSA) is 35.5 Å². The van der Waals surface area contributed by atoms with Crippen molar-refractivity contribution in [3.8, 4) is 0 Å². The van der Waals surface area contributed by atoms with Crippen LogP contribution in [0.5, 0.6) is 0 Å². The first-order valence-corrected chi connectivity index (χ1v) is 6.13. The zero-order chi connectivity index (χ0) is 12.2. The molecule has 0 aromatic carbocycles. The van der Waals surface area contributed by atoms with E-state index < -0.39 is 6.29 Å². The number of hydrogen-bond acceptors (Lipinski definition) is 3. The molecule has 0 atom stereocenters. The molecule has 0 N–H and O–H groups in total. The lowest BCUT2D eigenvalue weighted by atomic mass is 10.1. The second-order valence-electron chi connectivity index (χ2n) is 3.60. The van der Waals surface area contributed by atoms with Gasteiger partial charge in [-0.25, -0.2) is 0 Å². The van der Waals surface area contributed by atoms with Crippen molar-refractivity contribution in [2.45, 2.75) is 52.2 Å². The van der Waals surface area contributed by atoms with E-state index in [0.717, 1.165) is 25.7 Å². The largest absolute Gasteiger partial charge is 0.346 e. The molecule has 0 aliphatic rings. The maximum atomic E-state index is 11.7. The Kier molecular flexibility index (Phi) is 10.4. The van der Waals surface area contributed by atoms with Crippen LogP contribution in [0.1, 0.15) is 46.0 Å². The molecule has 0 amide bonds. The zero-order valence-electron chi connectivity index (χ0n) is 10.5. The number of unbranched alkanes of at least 4 members (excludes halogenated alkanes) is 3. The minimum absolute atomic E-state index is 0.0577. The summed E-state index contributed by atoms with van der Waals surface area (Å²) in [7, 11) is 0. The van der Waals surface area contributed by atoms with Crippen molar-refractivity contribution in [2.75, 3.05) is 13.2 Å². The number of Topliss-reactive ketones (excluding diaryl/α,β-unsaturated/α-hetero) is 1. The molecule has 0 aliphatic carbocycles. The van der Waals surface area contributed by atoms with Gasteiger partial charge in [-0.2, -0.15) is 0 Å². The highest BCUT2D eigenvalue weighted by molar-refractivity contribution is 5.81. The summed E-state index contributed by atoms with van der Waals surface area (Å²) in [5.41, 5.74) is 0. The summed E-state index contributed by atoms with van der Waals surface area (Å²) in [6, 6.07) is 0. The van der Waals surface area contributed by atoms with Gasteiger partial charge in [-0.05, 0) is 33.1 Å². The second-order valence-corrected chi connectivity index (χ2v) is 3.60. The standard InChI is InChI=1S/C13H24O3/c1-4-7-8-9-10-11-12(14)13(15-5-2)16-6-3/h4,13H,1,5-11H2,2-3H3. The quantitative estimate of drug-likeness (QED) is 0.310. The molecule has 0 aliphatic heterocycles. The lowest BCUT2D eigenvalue weighted by molar-refractivity contribution is -0.168. The van der Waals surface area contributed by atoms with Crippen molar-refractivity contribution in [3.63, 3.8) is 0 Å². The molecule has 0 saturated heterocycles. The molecule has 0 spiro atoms. The van der Waals surface area contributed by atoms with E-state index in [1.807, 2.05) is 19.9 Å². The summed E-state index contributed by atoms with van der Waals surface area (Å²) in [4.78, 5) is 11.7. The van der Waals surface area contributed by atoms with Crippen LogP contribution < -0.4 is 0 Å². The van der Waals surface area contributed by atoms with Gasteiger partial charge in [-0.15, -0.1) is 6.58 Å². The first-order chi connectivity index (χ1) is 7.76. The van der Waals surface area contributed by atoms with Crippen LogP contribution in [0.4, 0.5) is 0 Å². The van der Waals surface area contributed by atoms with Crippen LogP contribution in [-0.2, 0) is 14.3 Å². The monoisotopic (exact) mass is 228 g/mol. The van der Waals surface area contributed by atoms with Crippen molar-refractivity contribution in [1.82, 2.24) is 0 Å². The predicted molar refractivity (Wildman–Crippen MR) is 65.3 cm³/mol. The van der Waals surface area contributed by atoms with E-state index in [1.54, 1.807) is 0 Å². The fourth-order valence-corrected chi connectivity index (χ4v) is 1.42. The lowest BCUT2D eigenvalue weighted by Gasteiger charge is -2.15. The number of hydrogen-bond donors (Lipinski definition) is 0. The summed E-state index contributed by atoms with van der Waals surface area (Å²) in [6.45, 7) is 8.41. The van der Waals surface area contributed by atoms with Gasteiger partial charge in [-0.3, -0.25) is 4.79 Å². The Morgan fingerprint density at radius 3 is 2.31 bits per heavy atom. The van der Waals surface area contributed by atoms with Crippen LogP contribution >= 0.6 is 0 Å². The number of carbonyl (C=O) groups excluding carboxylic acids is 1. The van der Waals surface area contributed by atoms with Gasteiger partial charge in [0, 0.05) is 19.6 Å². The summed E-state index contributed by atoms with van der Waals surface area (Å²) < 4.78 is 10.5. The highest BCUT2D eigenvalue weighted by Crippen LogP contribution is 2.08. The third kappa shape index (κ3) is 7.60. The van der Waals surface area contributed by atoms with Gasteiger partial charge in [0.25, 0.3) is 0 Å². The Morgan fingerprint density at radius 2 is 1.81 bits per heavy atom. The summed E-state index contributed by atoms with van der Waals surface area (Å²) in [5.74, 6) is 0.0577. The molecule has 16 heavy (non-hydrogen) atoms.